The Bertz CT molecular complexity index is 802. The Morgan fingerprint density at radius 1 is 1.30 bits per heavy atom. The summed E-state index contributed by atoms with van der Waals surface area (Å²) in [7, 11) is 0. The maximum Gasteiger partial charge on any atom is 0.233 e. The van der Waals surface area contributed by atoms with Gasteiger partial charge in [-0.25, -0.2) is 0 Å². The summed E-state index contributed by atoms with van der Waals surface area (Å²) in [4.78, 5) is 26.3. The minimum absolute atomic E-state index is 0.0407. The minimum atomic E-state index is -0.285. The molecule has 0 saturated heterocycles. The van der Waals surface area contributed by atoms with Crippen LogP contribution in [0.2, 0.25) is 0 Å². The van der Waals surface area contributed by atoms with Gasteiger partial charge in [0.15, 0.2) is 4.34 Å². The summed E-state index contributed by atoms with van der Waals surface area (Å²) in [5, 5.41) is 11.7. The second kappa shape index (κ2) is 8.84. The van der Waals surface area contributed by atoms with E-state index in [4.69, 9.17) is 0 Å². The first kappa shape index (κ1) is 19.8. The highest BCUT2D eigenvalue weighted by atomic mass is 32.2. The number of benzene rings is 1. The SMILES string of the molecule is CCC(=O)N(c1nnc(S[C@@H](C)C(=O)NCc2ccc(C)cc2)s1)C1CC1. The van der Waals surface area contributed by atoms with Crippen LogP contribution in [0.1, 0.15) is 44.2 Å². The number of carbonyl (C=O) groups is 2. The van der Waals surface area contributed by atoms with Gasteiger partial charge in [-0.05, 0) is 32.3 Å². The van der Waals surface area contributed by atoms with Crippen LogP contribution in [0.15, 0.2) is 28.6 Å². The fraction of sp³-hybridized carbons (Fsp3) is 0.474. The van der Waals surface area contributed by atoms with E-state index in [1.54, 1.807) is 4.90 Å². The lowest BCUT2D eigenvalue weighted by molar-refractivity contribution is -0.120. The van der Waals surface area contributed by atoms with Crippen molar-refractivity contribution in [1.29, 1.82) is 0 Å². The summed E-state index contributed by atoms with van der Waals surface area (Å²) < 4.78 is 0.706. The highest BCUT2D eigenvalue weighted by Crippen LogP contribution is 2.37. The van der Waals surface area contributed by atoms with Crippen LogP contribution < -0.4 is 10.2 Å². The molecule has 2 amide bonds. The van der Waals surface area contributed by atoms with Crippen LogP contribution in [0, 0.1) is 6.92 Å². The van der Waals surface area contributed by atoms with Gasteiger partial charge in [-0.1, -0.05) is 59.9 Å². The Morgan fingerprint density at radius 2 is 2.00 bits per heavy atom. The smallest absolute Gasteiger partial charge is 0.233 e. The third-order valence-electron chi connectivity index (χ3n) is 4.32. The maximum atomic E-state index is 12.4. The van der Waals surface area contributed by atoms with Crippen molar-refractivity contribution in [1.82, 2.24) is 15.5 Å². The Hall–Kier alpha value is -1.93. The molecule has 0 spiro atoms. The minimum Gasteiger partial charge on any atom is -0.351 e. The van der Waals surface area contributed by atoms with Crippen LogP contribution in [0.3, 0.4) is 0 Å². The Balaban J connectivity index is 1.55. The molecule has 1 fully saturated rings. The molecule has 2 aromatic rings. The fourth-order valence-electron chi connectivity index (χ4n) is 2.56. The average molecular weight is 405 g/mol. The van der Waals surface area contributed by atoms with Gasteiger partial charge in [-0.2, -0.15) is 0 Å². The van der Waals surface area contributed by atoms with Crippen molar-refractivity contribution in [3.05, 3.63) is 35.4 Å². The normalized spacial score (nSPS) is 14.6. The molecule has 3 rings (SSSR count). The van der Waals surface area contributed by atoms with E-state index in [0.717, 1.165) is 18.4 Å². The van der Waals surface area contributed by atoms with Crippen molar-refractivity contribution in [3.63, 3.8) is 0 Å². The lowest BCUT2D eigenvalue weighted by atomic mass is 10.1. The van der Waals surface area contributed by atoms with Crippen molar-refractivity contribution in [2.45, 2.75) is 62.2 Å². The molecule has 1 atom stereocenters. The average Bonchev–Trinajstić information content (AvgIpc) is 3.39. The molecule has 0 radical (unpaired) electrons. The van der Waals surface area contributed by atoms with E-state index in [0.29, 0.717) is 22.4 Å². The zero-order valence-corrected chi connectivity index (χ0v) is 17.4. The quantitative estimate of drug-likeness (QED) is 0.538. The Morgan fingerprint density at radius 3 is 2.63 bits per heavy atom. The Labute approximate surface area is 167 Å². The molecule has 0 unspecified atom stereocenters. The van der Waals surface area contributed by atoms with Gasteiger partial charge < -0.3 is 5.32 Å². The molecule has 0 aliphatic heterocycles. The predicted molar refractivity (Wildman–Crippen MR) is 109 cm³/mol. The molecule has 1 aliphatic carbocycles. The van der Waals surface area contributed by atoms with Crippen molar-refractivity contribution in [3.8, 4) is 0 Å². The van der Waals surface area contributed by atoms with Gasteiger partial charge in [0.1, 0.15) is 0 Å². The van der Waals surface area contributed by atoms with Gasteiger partial charge in [0.2, 0.25) is 16.9 Å². The molecule has 1 aromatic carbocycles. The largest absolute Gasteiger partial charge is 0.351 e. The van der Waals surface area contributed by atoms with Gasteiger partial charge in [-0.15, -0.1) is 10.2 Å². The summed E-state index contributed by atoms with van der Waals surface area (Å²) in [6.07, 6.45) is 2.49. The van der Waals surface area contributed by atoms with Crippen LogP contribution in [-0.2, 0) is 16.1 Å². The molecule has 1 aliphatic rings. The third-order valence-corrected chi connectivity index (χ3v) is 6.43. The number of anilines is 1. The molecule has 144 valence electrons. The van der Waals surface area contributed by atoms with Crippen LogP contribution in [0.5, 0.6) is 0 Å². The number of amides is 2. The Kier molecular flexibility index (Phi) is 6.49. The zero-order valence-electron chi connectivity index (χ0n) is 15.8. The number of nitrogens with zero attached hydrogens (tertiary/aromatic N) is 3. The van der Waals surface area contributed by atoms with Gasteiger partial charge >= 0.3 is 0 Å². The second-order valence-corrected chi connectivity index (χ2v) is 9.21. The zero-order chi connectivity index (χ0) is 19.4. The number of aryl methyl sites for hydroxylation is 1. The number of carbonyl (C=O) groups excluding carboxylic acids is 2. The van der Waals surface area contributed by atoms with Crippen LogP contribution in [0.25, 0.3) is 0 Å². The van der Waals surface area contributed by atoms with Crippen LogP contribution in [0.4, 0.5) is 5.13 Å². The molecule has 6 nitrogen and oxygen atoms in total. The first-order valence-corrected chi connectivity index (χ1v) is 10.8. The summed E-state index contributed by atoms with van der Waals surface area (Å²) in [5.41, 5.74) is 2.27. The molecule has 1 saturated carbocycles. The van der Waals surface area contributed by atoms with Crippen LogP contribution >= 0.6 is 23.1 Å². The molecule has 1 heterocycles. The van der Waals surface area contributed by atoms with Crippen molar-refractivity contribution in [2.75, 3.05) is 4.90 Å². The van der Waals surface area contributed by atoms with E-state index in [1.165, 1.54) is 28.7 Å². The second-order valence-electron chi connectivity index (χ2n) is 6.66. The first-order valence-electron chi connectivity index (χ1n) is 9.13. The molecular formula is C19H24N4O2S2. The van der Waals surface area contributed by atoms with Crippen molar-refractivity contribution >= 4 is 40.0 Å². The highest BCUT2D eigenvalue weighted by Gasteiger charge is 2.35. The van der Waals surface area contributed by atoms with Crippen molar-refractivity contribution < 1.29 is 9.59 Å². The topological polar surface area (TPSA) is 75.2 Å². The summed E-state index contributed by atoms with van der Waals surface area (Å²) in [5.74, 6) is 0.0371. The summed E-state index contributed by atoms with van der Waals surface area (Å²) in [6, 6.07) is 8.36. The lowest BCUT2D eigenvalue weighted by Gasteiger charge is -2.17. The van der Waals surface area contributed by atoms with E-state index < -0.39 is 0 Å². The number of rotatable bonds is 8. The summed E-state index contributed by atoms with van der Waals surface area (Å²) in [6.45, 7) is 6.25. The molecule has 8 heteroatoms. The third kappa shape index (κ3) is 5.29. The number of hydrogen-bond donors (Lipinski definition) is 1. The number of thioether (sulfide) groups is 1. The maximum absolute atomic E-state index is 12.4. The summed E-state index contributed by atoms with van der Waals surface area (Å²) >= 11 is 2.75. The standard InChI is InChI=1S/C19H24N4O2S2/c1-4-16(24)23(15-9-10-15)18-21-22-19(27-18)26-13(3)17(25)20-11-14-7-5-12(2)6-8-14/h5-8,13,15H,4,9-11H2,1-3H3,(H,20,25)/t13-/m0/s1. The highest BCUT2D eigenvalue weighted by molar-refractivity contribution is 8.02. The molecule has 1 aromatic heterocycles. The fourth-order valence-corrected chi connectivity index (χ4v) is 4.66. The van der Waals surface area contributed by atoms with Gasteiger partial charge in [0, 0.05) is 19.0 Å². The molecule has 1 N–H and O–H groups in total. The first-order chi connectivity index (χ1) is 13.0. The number of aromatic nitrogens is 2. The van der Waals surface area contributed by atoms with Crippen LogP contribution in [-0.4, -0.2) is 33.3 Å². The van der Waals surface area contributed by atoms with E-state index >= 15 is 0 Å². The predicted octanol–water partition coefficient (Wildman–Crippen LogP) is 3.55. The number of hydrogen-bond acceptors (Lipinski definition) is 6. The van der Waals surface area contributed by atoms with E-state index in [1.807, 2.05) is 45.0 Å². The van der Waals surface area contributed by atoms with E-state index in [9.17, 15) is 9.59 Å². The monoisotopic (exact) mass is 404 g/mol. The number of nitrogens with one attached hydrogen (secondary N) is 1. The molecule has 0 bridgehead atoms. The molecule has 27 heavy (non-hydrogen) atoms. The van der Waals surface area contributed by atoms with Gasteiger partial charge in [-0.3, -0.25) is 14.5 Å². The van der Waals surface area contributed by atoms with Gasteiger partial charge in [0.05, 0.1) is 5.25 Å². The molecular weight excluding hydrogens is 380 g/mol. The lowest BCUT2D eigenvalue weighted by Crippen LogP contribution is -2.32. The van der Waals surface area contributed by atoms with Crippen molar-refractivity contribution in [2.24, 2.45) is 0 Å². The van der Waals surface area contributed by atoms with Gasteiger partial charge in [0.25, 0.3) is 0 Å². The van der Waals surface area contributed by atoms with E-state index in [2.05, 4.69) is 15.5 Å². The van der Waals surface area contributed by atoms with E-state index in [-0.39, 0.29) is 23.1 Å².